The summed E-state index contributed by atoms with van der Waals surface area (Å²) in [7, 11) is 0. The lowest BCUT2D eigenvalue weighted by Gasteiger charge is -2.07. The van der Waals surface area contributed by atoms with E-state index in [4.69, 9.17) is 4.74 Å². The Bertz CT molecular complexity index is 1020. The van der Waals surface area contributed by atoms with Gasteiger partial charge >= 0.3 is 0 Å². The van der Waals surface area contributed by atoms with Crippen molar-refractivity contribution in [3.63, 3.8) is 0 Å². The summed E-state index contributed by atoms with van der Waals surface area (Å²) in [4.78, 5) is 18.6. The van der Waals surface area contributed by atoms with Crippen molar-refractivity contribution in [2.24, 2.45) is 0 Å². The number of aromatic amines is 1. The quantitative estimate of drug-likeness (QED) is 0.424. The van der Waals surface area contributed by atoms with E-state index in [9.17, 15) is 10.1 Å². The molecule has 0 saturated heterocycles. The van der Waals surface area contributed by atoms with Crippen LogP contribution in [0.4, 0.5) is 5.69 Å². The zero-order valence-electron chi connectivity index (χ0n) is 13.0. The fourth-order valence-corrected chi connectivity index (χ4v) is 2.63. The monoisotopic (exact) mass is 331 g/mol. The molecule has 122 valence electrons. The van der Waals surface area contributed by atoms with Gasteiger partial charge in [0.1, 0.15) is 17.3 Å². The number of imidazole rings is 1. The normalized spacial score (nSPS) is 10.7. The highest BCUT2D eigenvalue weighted by atomic mass is 16.6. The second-order valence-corrected chi connectivity index (χ2v) is 5.45. The van der Waals surface area contributed by atoms with Crippen LogP contribution in [0.1, 0.15) is 0 Å². The molecule has 6 nitrogen and oxygen atoms in total. The molecule has 4 aromatic rings. The average Bonchev–Trinajstić information content (AvgIpc) is 3.06. The molecular weight excluding hydrogens is 318 g/mol. The van der Waals surface area contributed by atoms with Gasteiger partial charge in [0.05, 0.1) is 21.5 Å². The molecule has 0 aliphatic carbocycles. The summed E-state index contributed by atoms with van der Waals surface area (Å²) < 4.78 is 5.79. The zero-order chi connectivity index (χ0) is 17.2. The van der Waals surface area contributed by atoms with Gasteiger partial charge < -0.3 is 9.72 Å². The van der Waals surface area contributed by atoms with E-state index in [-0.39, 0.29) is 5.69 Å². The Morgan fingerprint density at radius 3 is 2.44 bits per heavy atom. The van der Waals surface area contributed by atoms with Crippen molar-refractivity contribution in [3.05, 3.63) is 82.9 Å². The molecule has 6 heteroatoms. The number of para-hydroxylation sites is 3. The number of hydrogen-bond donors (Lipinski definition) is 1. The number of benzene rings is 3. The Morgan fingerprint density at radius 2 is 1.68 bits per heavy atom. The van der Waals surface area contributed by atoms with Crippen molar-refractivity contribution in [2.75, 3.05) is 0 Å². The second kappa shape index (κ2) is 6.09. The number of H-pyrrole nitrogens is 1. The van der Waals surface area contributed by atoms with Crippen LogP contribution < -0.4 is 4.74 Å². The number of nitrogens with one attached hydrogen (secondary N) is 1. The lowest BCUT2D eigenvalue weighted by molar-refractivity contribution is -0.384. The van der Waals surface area contributed by atoms with Crippen LogP contribution >= 0.6 is 0 Å². The Balaban J connectivity index is 1.81. The predicted octanol–water partition coefficient (Wildman–Crippen LogP) is 4.93. The van der Waals surface area contributed by atoms with E-state index in [1.807, 2.05) is 54.6 Å². The first-order chi connectivity index (χ1) is 12.2. The summed E-state index contributed by atoms with van der Waals surface area (Å²) in [5, 5.41) is 11.4. The zero-order valence-corrected chi connectivity index (χ0v) is 13.0. The van der Waals surface area contributed by atoms with Crippen LogP contribution in [0.15, 0.2) is 72.8 Å². The highest BCUT2D eigenvalue weighted by Crippen LogP contribution is 2.34. The van der Waals surface area contributed by atoms with Gasteiger partial charge in [0, 0.05) is 6.07 Å². The molecule has 4 rings (SSSR count). The molecule has 0 spiro atoms. The number of nitro benzene ring substituents is 1. The Kier molecular flexibility index (Phi) is 3.63. The van der Waals surface area contributed by atoms with E-state index in [1.54, 1.807) is 12.1 Å². The number of nitro groups is 1. The van der Waals surface area contributed by atoms with Crippen LogP contribution in [0.3, 0.4) is 0 Å². The Labute approximate surface area is 142 Å². The average molecular weight is 331 g/mol. The molecule has 0 aliphatic rings. The highest BCUT2D eigenvalue weighted by Gasteiger charge is 2.19. The third-order valence-corrected chi connectivity index (χ3v) is 3.79. The summed E-state index contributed by atoms with van der Waals surface area (Å²) >= 11 is 0. The molecule has 0 atom stereocenters. The number of hydrogen-bond acceptors (Lipinski definition) is 4. The fourth-order valence-electron chi connectivity index (χ4n) is 2.63. The van der Waals surface area contributed by atoms with E-state index in [1.165, 1.54) is 6.07 Å². The van der Waals surface area contributed by atoms with Crippen LogP contribution in [0, 0.1) is 10.1 Å². The summed E-state index contributed by atoms with van der Waals surface area (Å²) in [6.07, 6.45) is 0. The van der Waals surface area contributed by atoms with Crippen molar-refractivity contribution >= 4 is 16.7 Å². The summed E-state index contributed by atoms with van der Waals surface area (Å²) in [6.45, 7) is 0. The molecule has 1 heterocycles. The summed E-state index contributed by atoms with van der Waals surface area (Å²) in [6, 6.07) is 21.4. The first-order valence-electron chi connectivity index (χ1n) is 7.67. The third-order valence-electron chi connectivity index (χ3n) is 3.79. The molecule has 3 aromatic carbocycles. The molecule has 0 saturated carbocycles. The molecule has 0 unspecified atom stereocenters. The maximum atomic E-state index is 11.4. The highest BCUT2D eigenvalue weighted by molar-refractivity contribution is 5.81. The van der Waals surface area contributed by atoms with Gasteiger partial charge in [0.25, 0.3) is 5.69 Å². The van der Waals surface area contributed by atoms with Crippen LogP contribution in [-0.2, 0) is 0 Å². The number of aromatic nitrogens is 2. The summed E-state index contributed by atoms with van der Waals surface area (Å²) in [5.41, 5.74) is 1.93. The molecule has 0 radical (unpaired) electrons. The lowest BCUT2D eigenvalue weighted by atomic mass is 10.1. The minimum Gasteiger partial charge on any atom is -0.457 e. The van der Waals surface area contributed by atoms with Crippen LogP contribution in [-0.4, -0.2) is 14.9 Å². The smallest absolute Gasteiger partial charge is 0.280 e. The number of fused-ring (bicyclic) bond motifs is 1. The van der Waals surface area contributed by atoms with E-state index >= 15 is 0 Å². The largest absolute Gasteiger partial charge is 0.457 e. The van der Waals surface area contributed by atoms with Crippen LogP contribution in [0.2, 0.25) is 0 Å². The minimum atomic E-state index is -0.422. The van der Waals surface area contributed by atoms with Crippen molar-refractivity contribution in [2.45, 2.75) is 0 Å². The van der Waals surface area contributed by atoms with Gasteiger partial charge in [-0.1, -0.05) is 30.3 Å². The van der Waals surface area contributed by atoms with Crippen molar-refractivity contribution in [1.29, 1.82) is 0 Å². The van der Waals surface area contributed by atoms with E-state index < -0.39 is 4.92 Å². The Morgan fingerprint density at radius 1 is 0.920 bits per heavy atom. The van der Waals surface area contributed by atoms with Gasteiger partial charge in [-0.3, -0.25) is 10.1 Å². The van der Waals surface area contributed by atoms with Crippen LogP contribution in [0.5, 0.6) is 11.5 Å². The molecule has 0 fully saturated rings. The number of rotatable bonds is 4. The Hall–Kier alpha value is -3.67. The first kappa shape index (κ1) is 14.9. The van der Waals surface area contributed by atoms with Gasteiger partial charge in [-0.05, 0) is 36.4 Å². The van der Waals surface area contributed by atoms with Gasteiger partial charge in [-0.2, -0.15) is 0 Å². The molecule has 0 amide bonds. The van der Waals surface area contributed by atoms with Crippen LogP contribution in [0.25, 0.3) is 22.4 Å². The molecule has 1 aromatic heterocycles. The van der Waals surface area contributed by atoms with Crippen molar-refractivity contribution in [3.8, 4) is 22.9 Å². The minimum absolute atomic E-state index is 0.0283. The molecule has 25 heavy (non-hydrogen) atoms. The lowest BCUT2D eigenvalue weighted by Crippen LogP contribution is -1.94. The van der Waals surface area contributed by atoms with Gasteiger partial charge in [0.15, 0.2) is 0 Å². The maximum Gasteiger partial charge on any atom is 0.280 e. The molecule has 1 N–H and O–H groups in total. The standard InChI is InChI=1S/C19H13N3O3/c23-22(24)18-11-10-14(25-13-6-2-1-3-7-13)12-15(18)19-20-16-8-4-5-9-17(16)21-19/h1-12H,(H,20,21). The first-order valence-corrected chi connectivity index (χ1v) is 7.67. The van der Waals surface area contributed by atoms with Gasteiger partial charge in [0.2, 0.25) is 0 Å². The second-order valence-electron chi connectivity index (χ2n) is 5.45. The van der Waals surface area contributed by atoms with Gasteiger partial charge in [-0.15, -0.1) is 0 Å². The summed E-state index contributed by atoms with van der Waals surface area (Å²) in [5.74, 6) is 1.60. The molecule has 0 bridgehead atoms. The van der Waals surface area contributed by atoms with Gasteiger partial charge in [-0.25, -0.2) is 4.98 Å². The number of nitrogens with zero attached hydrogens (tertiary/aromatic N) is 2. The molecular formula is C19H13N3O3. The SMILES string of the molecule is O=[N+]([O-])c1ccc(Oc2ccccc2)cc1-c1nc2ccccc2[nH]1. The van der Waals surface area contributed by atoms with E-state index in [0.717, 1.165) is 11.0 Å². The topological polar surface area (TPSA) is 81.1 Å². The van der Waals surface area contributed by atoms with E-state index in [0.29, 0.717) is 22.9 Å². The molecule has 0 aliphatic heterocycles. The predicted molar refractivity (Wildman–Crippen MR) is 94.7 cm³/mol. The van der Waals surface area contributed by atoms with Crippen molar-refractivity contribution < 1.29 is 9.66 Å². The van der Waals surface area contributed by atoms with E-state index in [2.05, 4.69) is 9.97 Å². The number of ether oxygens (including phenoxy) is 1. The third kappa shape index (κ3) is 2.92. The maximum absolute atomic E-state index is 11.4. The fraction of sp³-hybridized carbons (Fsp3) is 0. The van der Waals surface area contributed by atoms with Crippen molar-refractivity contribution in [1.82, 2.24) is 9.97 Å².